The predicted molar refractivity (Wildman–Crippen MR) is 101 cm³/mol. The minimum absolute atomic E-state index is 0.228. The third kappa shape index (κ3) is 4.81. The zero-order valence-electron chi connectivity index (χ0n) is 15.6. The molecule has 3 N–H and O–H groups in total. The molecule has 2 aromatic heterocycles. The second kappa shape index (κ2) is 8.33. The molecule has 3 rings (SSSR count). The van der Waals surface area contributed by atoms with Crippen molar-refractivity contribution in [2.75, 3.05) is 0 Å². The van der Waals surface area contributed by atoms with Gasteiger partial charge in [0.2, 0.25) is 5.88 Å². The van der Waals surface area contributed by atoms with E-state index in [1.165, 1.54) is 23.2 Å². The molecule has 2 heterocycles. The molecule has 0 spiro atoms. The van der Waals surface area contributed by atoms with Crippen LogP contribution in [0.5, 0.6) is 11.6 Å². The van der Waals surface area contributed by atoms with Crippen LogP contribution in [0.25, 0.3) is 10.9 Å². The molecule has 30 heavy (non-hydrogen) atoms. The highest BCUT2D eigenvalue weighted by molar-refractivity contribution is 6.05. The van der Waals surface area contributed by atoms with Crippen LogP contribution >= 0.6 is 0 Å². The number of carbonyl (C=O) groups excluding carboxylic acids is 1. The lowest BCUT2D eigenvalue weighted by atomic mass is 10.2. The van der Waals surface area contributed by atoms with E-state index in [4.69, 9.17) is 15.3 Å². The Morgan fingerprint density at radius 3 is 2.77 bits per heavy atom. The van der Waals surface area contributed by atoms with Gasteiger partial charge in [0.25, 0.3) is 0 Å². The van der Waals surface area contributed by atoms with Crippen LogP contribution in [0, 0.1) is 5.41 Å². The van der Waals surface area contributed by atoms with Crippen molar-refractivity contribution in [2.45, 2.75) is 19.7 Å². The lowest BCUT2D eigenvalue weighted by Crippen LogP contribution is -2.32. The van der Waals surface area contributed by atoms with Gasteiger partial charge in [0.15, 0.2) is 0 Å². The maximum absolute atomic E-state index is 12.5. The van der Waals surface area contributed by atoms with Gasteiger partial charge in [0.1, 0.15) is 17.9 Å². The average molecular weight is 419 g/mol. The second-order valence-electron chi connectivity index (χ2n) is 6.18. The van der Waals surface area contributed by atoms with Gasteiger partial charge in [0.05, 0.1) is 17.8 Å². The molecule has 0 aliphatic rings. The lowest BCUT2D eigenvalue weighted by Gasteiger charge is -2.09. The number of carbonyl (C=O) groups is 1. The summed E-state index contributed by atoms with van der Waals surface area (Å²) in [5.74, 6) is -0.0364. The van der Waals surface area contributed by atoms with Crippen molar-refractivity contribution in [1.29, 1.82) is 5.41 Å². The van der Waals surface area contributed by atoms with Crippen LogP contribution in [0.3, 0.4) is 0 Å². The number of amides is 1. The van der Waals surface area contributed by atoms with E-state index < -0.39 is 23.6 Å². The largest absolute Gasteiger partial charge is 0.439 e. The summed E-state index contributed by atoms with van der Waals surface area (Å²) >= 11 is 0. The van der Waals surface area contributed by atoms with E-state index in [0.717, 1.165) is 6.92 Å². The Balaban J connectivity index is 1.77. The Morgan fingerprint density at radius 2 is 2.07 bits per heavy atom. The molecule has 0 radical (unpaired) electrons. The van der Waals surface area contributed by atoms with Crippen molar-refractivity contribution in [3.8, 4) is 11.6 Å². The quantitative estimate of drug-likeness (QED) is 0.440. The minimum atomic E-state index is -4.57. The number of alkyl halides is 3. The summed E-state index contributed by atoms with van der Waals surface area (Å²) in [7, 11) is 0. The fourth-order valence-corrected chi connectivity index (χ4v) is 2.51. The van der Waals surface area contributed by atoms with Crippen molar-refractivity contribution in [1.82, 2.24) is 19.9 Å². The predicted octanol–water partition coefficient (Wildman–Crippen LogP) is 3.76. The first-order valence-electron chi connectivity index (χ1n) is 8.53. The van der Waals surface area contributed by atoms with Gasteiger partial charge in [0, 0.05) is 23.2 Å². The number of hydrogen-bond donors (Lipinski definition) is 3. The van der Waals surface area contributed by atoms with Gasteiger partial charge in [-0.3, -0.25) is 15.3 Å². The third-order valence-corrected chi connectivity index (χ3v) is 4.01. The monoisotopic (exact) mass is 419 g/mol. The van der Waals surface area contributed by atoms with Crippen LogP contribution < -0.4 is 10.1 Å². The first kappa shape index (κ1) is 21.0. The van der Waals surface area contributed by atoms with Crippen LogP contribution in [0.2, 0.25) is 0 Å². The third-order valence-electron chi connectivity index (χ3n) is 4.01. The molecule has 0 aliphatic carbocycles. The van der Waals surface area contributed by atoms with E-state index in [-0.39, 0.29) is 12.5 Å². The van der Waals surface area contributed by atoms with Crippen LogP contribution in [0.4, 0.5) is 18.0 Å². The number of hydrogen-bond acceptors (Lipinski definition) is 6. The molecule has 11 heteroatoms. The minimum Gasteiger partial charge on any atom is -0.439 e. The molecule has 0 unspecified atom stereocenters. The molecule has 0 saturated heterocycles. The number of ether oxygens (including phenoxy) is 1. The summed E-state index contributed by atoms with van der Waals surface area (Å²) in [6, 6.07) is 7.11. The van der Waals surface area contributed by atoms with Gasteiger partial charge < -0.3 is 9.84 Å². The molecule has 0 bridgehead atoms. The molecule has 3 aromatic rings. The number of aliphatic hydroxyl groups is 1. The van der Waals surface area contributed by atoms with Crippen molar-refractivity contribution >= 4 is 22.8 Å². The molecule has 0 aliphatic heterocycles. The lowest BCUT2D eigenvalue weighted by molar-refractivity contribution is -0.0912. The molecule has 0 atom stereocenters. The Bertz CT molecular complexity index is 1140. The molecule has 1 aromatic carbocycles. The number of allylic oxidation sites excluding steroid dienone is 1. The summed E-state index contributed by atoms with van der Waals surface area (Å²) in [5.41, 5.74) is -0.148. The van der Waals surface area contributed by atoms with Crippen LogP contribution in [-0.4, -0.2) is 37.7 Å². The number of benzene rings is 1. The summed E-state index contributed by atoms with van der Waals surface area (Å²) < 4.78 is 44.4. The molecule has 0 saturated carbocycles. The summed E-state index contributed by atoms with van der Waals surface area (Å²) in [4.78, 5) is 20.1. The smallest absolute Gasteiger partial charge is 0.412 e. The Hall–Kier alpha value is -3.73. The zero-order chi connectivity index (χ0) is 21.9. The highest BCUT2D eigenvalue weighted by Crippen LogP contribution is 2.26. The molecular formula is C19H16F3N5O3. The second-order valence-corrected chi connectivity index (χ2v) is 6.18. The van der Waals surface area contributed by atoms with Gasteiger partial charge in [-0.15, -0.1) is 0 Å². The average Bonchev–Trinajstić information content (AvgIpc) is 3.10. The number of nitrogens with zero attached hydrogens (tertiary/aromatic N) is 3. The number of aromatic nitrogens is 3. The standard InChI is InChI=1S/C19H16F3N5O3/c1-11(19(20,21)22)6-16(23)26-18(29)27-5-4-12-7-14(2-3-15(12)27)30-17-8-13(9-28)24-10-25-17/h2-8,10,28H,9H2,1H3,(H2,23,26,29)/b11-6+. The molecule has 1 amide bonds. The molecule has 0 fully saturated rings. The van der Waals surface area contributed by atoms with Gasteiger partial charge in [-0.05, 0) is 37.3 Å². The zero-order valence-corrected chi connectivity index (χ0v) is 15.6. The number of rotatable bonds is 4. The SMILES string of the molecule is C/C(=C\C(=N)NC(=O)n1ccc2cc(Oc3cc(CO)ncn3)ccc21)C(F)(F)F. The van der Waals surface area contributed by atoms with Crippen LogP contribution in [0.1, 0.15) is 12.6 Å². The molecular weight excluding hydrogens is 403 g/mol. The van der Waals surface area contributed by atoms with Crippen molar-refractivity contribution < 1.29 is 27.8 Å². The number of nitrogens with one attached hydrogen (secondary N) is 2. The van der Waals surface area contributed by atoms with Gasteiger partial charge in [-0.1, -0.05) is 0 Å². The number of amidine groups is 1. The number of fused-ring (bicyclic) bond motifs is 1. The Morgan fingerprint density at radius 1 is 1.30 bits per heavy atom. The Kier molecular flexibility index (Phi) is 5.83. The first-order valence-corrected chi connectivity index (χ1v) is 8.53. The maximum atomic E-state index is 12.5. The fourth-order valence-electron chi connectivity index (χ4n) is 2.51. The highest BCUT2D eigenvalue weighted by Gasteiger charge is 2.30. The fraction of sp³-hybridized carbons (Fsp3) is 0.158. The normalized spacial score (nSPS) is 12.1. The Labute approximate surface area is 168 Å². The van der Waals surface area contributed by atoms with E-state index in [0.29, 0.717) is 28.4 Å². The van der Waals surface area contributed by atoms with E-state index in [2.05, 4.69) is 15.3 Å². The number of halogens is 3. The maximum Gasteiger partial charge on any atom is 0.412 e. The van der Waals surface area contributed by atoms with Crippen molar-refractivity contribution in [3.05, 3.63) is 60.2 Å². The van der Waals surface area contributed by atoms with Crippen molar-refractivity contribution in [2.24, 2.45) is 0 Å². The molecule has 8 nitrogen and oxygen atoms in total. The van der Waals surface area contributed by atoms with E-state index in [9.17, 15) is 18.0 Å². The highest BCUT2D eigenvalue weighted by atomic mass is 19.4. The summed E-state index contributed by atoms with van der Waals surface area (Å²) in [6.45, 7) is 0.553. The topological polar surface area (TPSA) is 113 Å². The van der Waals surface area contributed by atoms with Gasteiger partial charge in [-0.25, -0.2) is 14.8 Å². The van der Waals surface area contributed by atoms with Gasteiger partial charge in [-0.2, -0.15) is 13.2 Å². The van der Waals surface area contributed by atoms with Crippen LogP contribution in [0.15, 0.2) is 54.5 Å². The number of aliphatic hydroxyl groups excluding tert-OH is 1. The van der Waals surface area contributed by atoms with Crippen molar-refractivity contribution in [3.63, 3.8) is 0 Å². The van der Waals surface area contributed by atoms with Crippen LogP contribution in [-0.2, 0) is 6.61 Å². The summed E-state index contributed by atoms with van der Waals surface area (Å²) in [6.07, 6.45) is -1.36. The summed E-state index contributed by atoms with van der Waals surface area (Å²) in [5, 5.41) is 19.4. The van der Waals surface area contributed by atoms with E-state index in [1.807, 2.05) is 0 Å². The van der Waals surface area contributed by atoms with E-state index in [1.54, 1.807) is 24.3 Å². The van der Waals surface area contributed by atoms with Gasteiger partial charge >= 0.3 is 12.2 Å². The molecule has 156 valence electrons. The first-order chi connectivity index (χ1) is 14.2. The van der Waals surface area contributed by atoms with E-state index >= 15 is 0 Å².